The fourth-order valence-corrected chi connectivity index (χ4v) is 1.57. The molecule has 1 atom stereocenters. The second-order valence-electron chi connectivity index (χ2n) is 3.92. The predicted octanol–water partition coefficient (Wildman–Crippen LogP) is 3.22. The Morgan fingerprint density at radius 3 is 2.37 bits per heavy atom. The molecule has 0 saturated heterocycles. The Labute approximate surface area is 108 Å². The van der Waals surface area contributed by atoms with Crippen LogP contribution in [0.4, 0.5) is 13.2 Å². The summed E-state index contributed by atoms with van der Waals surface area (Å²) < 4.78 is 44.2. The smallest absolute Gasteiger partial charge is 0.164 e. The molecule has 100 valence electrons. The zero-order valence-electron chi connectivity index (χ0n) is 9.82. The molecule has 0 spiro atoms. The first kappa shape index (κ1) is 13.4. The summed E-state index contributed by atoms with van der Waals surface area (Å²) in [6.45, 7) is -0.258. The zero-order chi connectivity index (χ0) is 13.8. The lowest BCUT2D eigenvalue weighted by Crippen LogP contribution is -2.12. The second-order valence-corrected chi connectivity index (χ2v) is 3.92. The van der Waals surface area contributed by atoms with Crippen LogP contribution in [0.15, 0.2) is 42.5 Å². The molecule has 0 bridgehead atoms. The van der Waals surface area contributed by atoms with Crippen LogP contribution in [-0.4, -0.2) is 11.7 Å². The maximum Gasteiger partial charge on any atom is 0.164 e. The molecule has 0 aliphatic carbocycles. The molecule has 0 aliphatic heterocycles. The summed E-state index contributed by atoms with van der Waals surface area (Å²) in [6, 6.07) is 8.70. The van der Waals surface area contributed by atoms with Crippen molar-refractivity contribution in [1.29, 1.82) is 0 Å². The standard InChI is InChI=1S/C14H11F3O2/c15-9-4-6-10(7-5-9)19-8-13(18)11-2-1-3-12(16)14(11)17/h1-7,13,18H,8H2. The van der Waals surface area contributed by atoms with E-state index < -0.39 is 23.6 Å². The van der Waals surface area contributed by atoms with Gasteiger partial charge in [-0.25, -0.2) is 13.2 Å². The van der Waals surface area contributed by atoms with Crippen molar-refractivity contribution in [2.24, 2.45) is 0 Å². The van der Waals surface area contributed by atoms with Gasteiger partial charge < -0.3 is 9.84 Å². The first-order valence-electron chi connectivity index (χ1n) is 5.58. The average Bonchev–Trinajstić information content (AvgIpc) is 2.41. The highest BCUT2D eigenvalue weighted by Crippen LogP contribution is 2.20. The quantitative estimate of drug-likeness (QED) is 0.922. The van der Waals surface area contributed by atoms with E-state index in [9.17, 15) is 18.3 Å². The minimum absolute atomic E-state index is 0.179. The molecule has 2 aromatic rings. The Morgan fingerprint density at radius 1 is 1.00 bits per heavy atom. The molecular weight excluding hydrogens is 257 g/mol. The van der Waals surface area contributed by atoms with Crippen molar-refractivity contribution in [1.82, 2.24) is 0 Å². The molecule has 0 saturated carbocycles. The van der Waals surface area contributed by atoms with Crippen molar-refractivity contribution in [3.05, 3.63) is 65.5 Å². The molecule has 19 heavy (non-hydrogen) atoms. The van der Waals surface area contributed by atoms with Crippen molar-refractivity contribution < 1.29 is 23.0 Å². The van der Waals surface area contributed by atoms with Gasteiger partial charge >= 0.3 is 0 Å². The SMILES string of the molecule is OC(COc1ccc(F)cc1)c1cccc(F)c1F. The van der Waals surface area contributed by atoms with Gasteiger partial charge in [-0.05, 0) is 30.3 Å². The van der Waals surface area contributed by atoms with Crippen LogP contribution in [0.2, 0.25) is 0 Å². The van der Waals surface area contributed by atoms with Crippen LogP contribution in [0.3, 0.4) is 0 Å². The monoisotopic (exact) mass is 268 g/mol. The Balaban J connectivity index is 2.03. The number of hydrogen-bond acceptors (Lipinski definition) is 2. The number of rotatable bonds is 4. The number of aliphatic hydroxyl groups excluding tert-OH is 1. The van der Waals surface area contributed by atoms with Gasteiger partial charge in [0.15, 0.2) is 11.6 Å². The number of hydrogen-bond donors (Lipinski definition) is 1. The highest BCUT2D eigenvalue weighted by atomic mass is 19.2. The molecule has 0 heterocycles. The molecule has 2 rings (SSSR count). The lowest BCUT2D eigenvalue weighted by atomic mass is 10.1. The van der Waals surface area contributed by atoms with E-state index >= 15 is 0 Å². The molecule has 5 heteroatoms. The number of aliphatic hydroxyl groups is 1. The van der Waals surface area contributed by atoms with E-state index in [1.807, 2.05) is 0 Å². The average molecular weight is 268 g/mol. The number of halogens is 3. The van der Waals surface area contributed by atoms with E-state index in [0.29, 0.717) is 5.75 Å². The lowest BCUT2D eigenvalue weighted by molar-refractivity contribution is 0.104. The normalized spacial score (nSPS) is 12.2. The van der Waals surface area contributed by atoms with Gasteiger partial charge in [-0.3, -0.25) is 0 Å². The number of benzene rings is 2. The largest absolute Gasteiger partial charge is 0.491 e. The van der Waals surface area contributed by atoms with Crippen molar-refractivity contribution in [3.63, 3.8) is 0 Å². The molecular formula is C14H11F3O2. The van der Waals surface area contributed by atoms with Gasteiger partial charge in [-0.15, -0.1) is 0 Å². The van der Waals surface area contributed by atoms with Crippen LogP contribution < -0.4 is 4.74 Å². The van der Waals surface area contributed by atoms with E-state index in [2.05, 4.69) is 0 Å². The third kappa shape index (κ3) is 3.26. The maximum absolute atomic E-state index is 13.4. The summed E-state index contributed by atoms with van der Waals surface area (Å²) >= 11 is 0. The Hall–Kier alpha value is -2.01. The van der Waals surface area contributed by atoms with Crippen molar-refractivity contribution in [3.8, 4) is 5.75 Å². The fraction of sp³-hybridized carbons (Fsp3) is 0.143. The minimum atomic E-state index is -1.30. The van der Waals surface area contributed by atoms with Gasteiger partial charge in [0.1, 0.15) is 24.3 Å². The van der Waals surface area contributed by atoms with Crippen LogP contribution in [0, 0.1) is 17.5 Å². The van der Waals surface area contributed by atoms with Gasteiger partial charge in [0, 0.05) is 5.56 Å². The molecule has 2 nitrogen and oxygen atoms in total. The number of ether oxygens (including phenoxy) is 1. The summed E-state index contributed by atoms with van der Waals surface area (Å²) in [5.74, 6) is -2.21. The van der Waals surface area contributed by atoms with Gasteiger partial charge in [0.2, 0.25) is 0 Å². The second kappa shape index (κ2) is 5.75. The van der Waals surface area contributed by atoms with Crippen LogP contribution in [0.5, 0.6) is 5.75 Å². The fourth-order valence-electron chi connectivity index (χ4n) is 1.57. The topological polar surface area (TPSA) is 29.5 Å². The Kier molecular flexibility index (Phi) is 4.06. The molecule has 0 amide bonds. The van der Waals surface area contributed by atoms with Gasteiger partial charge in [-0.2, -0.15) is 0 Å². The lowest BCUT2D eigenvalue weighted by Gasteiger charge is -2.13. The molecule has 0 aromatic heterocycles. The van der Waals surface area contributed by atoms with E-state index in [4.69, 9.17) is 4.74 Å². The van der Waals surface area contributed by atoms with Crippen LogP contribution in [0.25, 0.3) is 0 Å². The summed E-state index contributed by atoms with van der Waals surface area (Å²) in [5.41, 5.74) is -0.179. The van der Waals surface area contributed by atoms with Gasteiger partial charge in [0.25, 0.3) is 0 Å². The minimum Gasteiger partial charge on any atom is -0.491 e. The van der Waals surface area contributed by atoms with Gasteiger partial charge in [-0.1, -0.05) is 12.1 Å². The van der Waals surface area contributed by atoms with E-state index in [1.54, 1.807) is 0 Å². The highest BCUT2D eigenvalue weighted by Gasteiger charge is 2.16. The first-order chi connectivity index (χ1) is 9.08. The third-order valence-corrected chi connectivity index (χ3v) is 2.56. The molecule has 0 fully saturated rings. The van der Waals surface area contributed by atoms with Crippen molar-refractivity contribution in [2.75, 3.05) is 6.61 Å². The van der Waals surface area contributed by atoms with E-state index in [0.717, 1.165) is 6.07 Å². The molecule has 1 unspecified atom stereocenters. The van der Waals surface area contributed by atoms with E-state index in [-0.39, 0.29) is 12.2 Å². The first-order valence-corrected chi connectivity index (χ1v) is 5.58. The van der Waals surface area contributed by atoms with Gasteiger partial charge in [0.05, 0.1) is 0 Å². The van der Waals surface area contributed by atoms with Crippen LogP contribution in [-0.2, 0) is 0 Å². The van der Waals surface area contributed by atoms with E-state index in [1.165, 1.54) is 36.4 Å². The molecule has 0 aliphatic rings. The summed E-state index contributed by atoms with van der Waals surface area (Å²) in [5, 5.41) is 9.74. The van der Waals surface area contributed by atoms with Crippen LogP contribution in [0.1, 0.15) is 11.7 Å². The molecule has 0 radical (unpaired) electrons. The third-order valence-electron chi connectivity index (χ3n) is 2.56. The van der Waals surface area contributed by atoms with Crippen LogP contribution >= 0.6 is 0 Å². The predicted molar refractivity (Wildman–Crippen MR) is 63.2 cm³/mol. The Morgan fingerprint density at radius 2 is 1.68 bits per heavy atom. The summed E-state index contributed by atoms with van der Waals surface area (Å²) in [6.07, 6.45) is -1.30. The summed E-state index contributed by atoms with van der Waals surface area (Å²) in [7, 11) is 0. The highest BCUT2D eigenvalue weighted by molar-refractivity contribution is 5.24. The molecule has 1 N–H and O–H groups in total. The van der Waals surface area contributed by atoms with Crippen molar-refractivity contribution >= 4 is 0 Å². The molecule has 2 aromatic carbocycles. The summed E-state index contributed by atoms with van der Waals surface area (Å²) in [4.78, 5) is 0. The van der Waals surface area contributed by atoms with Crippen molar-refractivity contribution in [2.45, 2.75) is 6.10 Å². The Bertz CT molecular complexity index is 555. The zero-order valence-corrected chi connectivity index (χ0v) is 9.82. The maximum atomic E-state index is 13.4.